The lowest BCUT2D eigenvalue weighted by Crippen LogP contribution is -2.46. The van der Waals surface area contributed by atoms with Gasteiger partial charge in [0.05, 0.1) is 12.7 Å². The number of alkyl halides is 1. The Bertz CT molecular complexity index is 537. The van der Waals surface area contributed by atoms with Crippen LogP contribution in [0.25, 0.3) is 0 Å². The summed E-state index contributed by atoms with van der Waals surface area (Å²) >= 11 is 0. The average molecular weight is 368 g/mol. The van der Waals surface area contributed by atoms with Crippen LogP contribution in [0.4, 0.5) is 4.39 Å². The molecule has 3 rings (SSSR count). The van der Waals surface area contributed by atoms with Gasteiger partial charge in [-0.15, -0.1) is 0 Å². The molecule has 3 aliphatic rings. The van der Waals surface area contributed by atoms with Gasteiger partial charge in [-0.3, -0.25) is 0 Å². The molecule has 0 amide bonds. The molecule has 1 aliphatic heterocycles. The fourth-order valence-corrected chi connectivity index (χ4v) is 4.50. The van der Waals surface area contributed by atoms with Gasteiger partial charge in [-0.25, -0.2) is 4.39 Å². The molecule has 0 bridgehead atoms. The van der Waals surface area contributed by atoms with Crippen molar-refractivity contribution in [2.75, 3.05) is 27.4 Å². The summed E-state index contributed by atoms with van der Waals surface area (Å²) in [6.07, 6.45) is 8.85. The Kier molecular flexibility index (Phi) is 7.09. The predicted molar refractivity (Wildman–Crippen MR) is 102 cm³/mol. The molecule has 5 atom stereocenters. The van der Waals surface area contributed by atoms with Crippen molar-refractivity contribution in [2.45, 2.75) is 75.3 Å². The van der Waals surface area contributed by atoms with Crippen LogP contribution in [0.1, 0.15) is 44.9 Å². The fourth-order valence-electron chi connectivity index (χ4n) is 4.50. The van der Waals surface area contributed by atoms with Crippen LogP contribution in [-0.2, 0) is 4.74 Å². The molecule has 0 fully saturated rings. The Morgan fingerprint density at radius 2 is 2.12 bits per heavy atom. The second-order valence-electron chi connectivity index (χ2n) is 7.84. The van der Waals surface area contributed by atoms with E-state index in [4.69, 9.17) is 4.74 Å². The van der Waals surface area contributed by atoms with E-state index in [0.717, 1.165) is 25.7 Å². The highest BCUT2D eigenvalue weighted by molar-refractivity contribution is 5.28. The SMILES string of the molecule is CN[C@@H]1CCC2=C(CC[C@@H](C3=CC[C@H](NC)[C@H](OCC(O)CF)C3)N2)C1. The van der Waals surface area contributed by atoms with Crippen molar-refractivity contribution >= 4 is 0 Å². The molecule has 5 nitrogen and oxygen atoms in total. The lowest BCUT2D eigenvalue weighted by Gasteiger charge is -2.39. The zero-order valence-corrected chi connectivity index (χ0v) is 16.1. The van der Waals surface area contributed by atoms with Gasteiger partial charge in [0, 0.05) is 23.8 Å². The number of likely N-dealkylation sites (N-methyl/N-ethyl adjacent to an activating group) is 1. The topological polar surface area (TPSA) is 65.5 Å². The Morgan fingerprint density at radius 1 is 1.27 bits per heavy atom. The van der Waals surface area contributed by atoms with Crippen molar-refractivity contribution < 1.29 is 14.2 Å². The second-order valence-corrected chi connectivity index (χ2v) is 7.84. The van der Waals surface area contributed by atoms with Gasteiger partial charge in [0.15, 0.2) is 0 Å². The fraction of sp³-hybridized carbons (Fsp3) is 0.800. The maximum atomic E-state index is 12.5. The van der Waals surface area contributed by atoms with E-state index in [1.54, 1.807) is 5.57 Å². The molecule has 0 aromatic heterocycles. The molecular formula is C20H34FN3O2. The van der Waals surface area contributed by atoms with Gasteiger partial charge < -0.3 is 25.8 Å². The molecule has 1 heterocycles. The van der Waals surface area contributed by atoms with Crippen LogP contribution >= 0.6 is 0 Å². The Balaban J connectivity index is 1.61. The summed E-state index contributed by atoms with van der Waals surface area (Å²) in [7, 11) is 3.99. The van der Waals surface area contributed by atoms with Crippen molar-refractivity contribution in [3.05, 3.63) is 22.9 Å². The summed E-state index contributed by atoms with van der Waals surface area (Å²) in [5, 5.41) is 20.0. The number of aliphatic hydroxyl groups excluding tert-OH is 1. The molecule has 0 aromatic carbocycles. The van der Waals surface area contributed by atoms with Gasteiger partial charge >= 0.3 is 0 Å². The first kappa shape index (κ1) is 19.8. The van der Waals surface area contributed by atoms with Crippen LogP contribution in [0.2, 0.25) is 0 Å². The van der Waals surface area contributed by atoms with E-state index in [-0.39, 0.29) is 18.8 Å². The first-order valence-electron chi connectivity index (χ1n) is 10.0. The molecule has 0 saturated heterocycles. The number of aliphatic hydroxyl groups is 1. The Hall–Kier alpha value is -0.950. The van der Waals surface area contributed by atoms with E-state index in [1.807, 2.05) is 7.05 Å². The third-order valence-corrected chi connectivity index (χ3v) is 6.17. The molecule has 4 N–H and O–H groups in total. The maximum Gasteiger partial charge on any atom is 0.118 e. The molecule has 0 aromatic rings. The summed E-state index contributed by atoms with van der Waals surface area (Å²) in [6, 6.07) is 1.22. The molecular weight excluding hydrogens is 333 g/mol. The van der Waals surface area contributed by atoms with Crippen LogP contribution in [0.3, 0.4) is 0 Å². The minimum atomic E-state index is -1.02. The highest BCUT2D eigenvalue weighted by Crippen LogP contribution is 2.35. The second kappa shape index (κ2) is 9.31. The maximum absolute atomic E-state index is 12.5. The van der Waals surface area contributed by atoms with Gasteiger partial charge in [0.25, 0.3) is 0 Å². The van der Waals surface area contributed by atoms with Gasteiger partial charge in [-0.1, -0.05) is 6.08 Å². The lowest BCUT2D eigenvalue weighted by molar-refractivity contribution is -0.0325. The minimum Gasteiger partial charge on any atom is -0.388 e. The van der Waals surface area contributed by atoms with Crippen molar-refractivity contribution in [3.63, 3.8) is 0 Å². The van der Waals surface area contributed by atoms with Gasteiger partial charge in [0.2, 0.25) is 0 Å². The number of ether oxygens (including phenoxy) is 1. The van der Waals surface area contributed by atoms with Gasteiger partial charge in [-0.05, 0) is 70.2 Å². The largest absolute Gasteiger partial charge is 0.388 e. The first-order valence-corrected chi connectivity index (χ1v) is 10.0. The quantitative estimate of drug-likeness (QED) is 0.517. The normalized spacial score (nSPS) is 33.3. The monoisotopic (exact) mass is 367 g/mol. The zero-order chi connectivity index (χ0) is 18.5. The molecule has 0 saturated carbocycles. The van der Waals surface area contributed by atoms with Crippen LogP contribution in [-0.4, -0.2) is 62.8 Å². The van der Waals surface area contributed by atoms with Crippen molar-refractivity contribution in [3.8, 4) is 0 Å². The van der Waals surface area contributed by atoms with Crippen LogP contribution in [0.15, 0.2) is 22.9 Å². The van der Waals surface area contributed by atoms with Crippen LogP contribution in [0, 0.1) is 0 Å². The molecule has 6 heteroatoms. The van der Waals surface area contributed by atoms with E-state index >= 15 is 0 Å². The van der Waals surface area contributed by atoms with E-state index in [0.29, 0.717) is 12.1 Å². The molecule has 148 valence electrons. The van der Waals surface area contributed by atoms with Crippen molar-refractivity contribution in [1.82, 2.24) is 16.0 Å². The number of allylic oxidation sites excluding steroid dienone is 1. The summed E-state index contributed by atoms with van der Waals surface area (Å²) < 4.78 is 18.4. The van der Waals surface area contributed by atoms with Gasteiger partial charge in [0.1, 0.15) is 12.8 Å². The number of hydrogen-bond acceptors (Lipinski definition) is 5. The standard InChI is InChI=1S/C20H34FN3O2/c1-22-15-5-8-18-13(9-15)3-6-17(24-18)14-4-7-19(23-2)20(10-14)26-12-16(25)11-21/h4,15-17,19-20,22-25H,3,5-12H2,1-2H3/t15-,16?,17+,19+,20-/m1/s1. The number of nitrogens with one attached hydrogen (secondary N) is 3. The molecule has 2 aliphatic carbocycles. The van der Waals surface area contributed by atoms with E-state index in [1.165, 1.54) is 30.5 Å². The number of halogens is 1. The highest BCUT2D eigenvalue weighted by Gasteiger charge is 2.32. The third-order valence-electron chi connectivity index (χ3n) is 6.17. The van der Waals surface area contributed by atoms with E-state index in [9.17, 15) is 9.50 Å². The summed E-state index contributed by atoms with van der Waals surface area (Å²) in [6.45, 7) is -0.695. The summed E-state index contributed by atoms with van der Waals surface area (Å²) in [5.41, 5.74) is 4.45. The van der Waals surface area contributed by atoms with E-state index in [2.05, 4.69) is 29.1 Å². The number of hydrogen-bond donors (Lipinski definition) is 4. The smallest absolute Gasteiger partial charge is 0.118 e. The Morgan fingerprint density at radius 3 is 2.85 bits per heavy atom. The summed E-state index contributed by atoms with van der Waals surface area (Å²) in [4.78, 5) is 0. The molecule has 0 spiro atoms. The van der Waals surface area contributed by atoms with Gasteiger partial charge in [-0.2, -0.15) is 0 Å². The Labute approximate surface area is 156 Å². The third kappa shape index (κ3) is 4.66. The van der Waals surface area contributed by atoms with Crippen LogP contribution < -0.4 is 16.0 Å². The first-order chi connectivity index (χ1) is 12.6. The van der Waals surface area contributed by atoms with Crippen molar-refractivity contribution in [2.24, 2.45) is 0 Å². The zero-order valence-electron chi connectivity index (χ0n) is 16.1. The predicted octanol–water partition coefficient (Wildman–Crippen LogP) is 1.79. The minimum absolute atomic E-state index is 0.0154. The molecule has 1 unspecified atom stereocenters. The highest BCUT2D eigenvalue weighted by atomic mass is 19.1. The van der Waals surface area contributed by atoms with Crippen molar-refractivity contribution in [1.29, 1.82) is 0 Å². The average Bonchev–Trinajstić information content (AvgIpc) is 2.70. The molecule has 26 heavy (non-hydrogen) atoms. The van der Waals surface area contributed by atoms with Crippen LogP contribution in [0.5, 0.6) is 0 Å². The van der Waals surface area contributed by atoms with E-state index < -0.39 is 12.8 Å². The lowest BCUT2D eigenvalue weighted by atomic mass is 9.81. The number of rotatable bonds is 7. The molecule has 0 radical (unpaired) electrons. The summed E-state index contributed by atoms with van der Waals surface area (Å²) in [5.74, 6) is 0.